The summed E-state index contributed by atoms with van der Waals surface area (Å²) in [6.45, 7) is 6.67. The molecule has 2 aromatic heterocycles. The number of halogens is 1. The Morgan fingerprint density at radius 2 is 2.03 bits per heavy atom. The Hall–Kier alpha value is -3.49. The number of aromatic nitrogens is 3. The number of hydrogen-bond acceptors (Lipinski definition) is 5. The second-order valence-corrected chi connectivity index (χ2v) is 9.90. The second kappa shape index (κ2) is 9.87. The highest BCUT2D eigenvalue weighted by atomic mass is 19.1. The van der Waals surface area contributed by atoms with Crippen molar-refractivity contribution >= 4 is 22.8 Å². The van der Waals surface area contributed by atoms with Gasteiger partial charge in [0.05, 0.1) is 30.3 Å². The van der Waals surface area contributed by atoms with Gasteiger partial charge in [-0.2, -0.15) is 0 Å². The molecular formula is C27H32FN5O3. The Balaban J connectivity index is 1.42. The number of carbonyl (C=O) groups is 2. The molecule has 2 atom stereocenters. The second-order valence-electron chi connectivity index (χ2n) is 9.90. The molecule has 5 rings (SSSR count). The molecule has 9 heteroatoms. The molecular weight excluding hydrogens is 461 g/mol. The van der Waals surface area contributed by atoms with Gasteiger partial charge in [-0.05, 0) is 51.2 Å². The number of H-pyrrole nitrogens is 1. The normalized spacial score (nSPS) is 19.9. The first-order valence-electron chi connectivity index (χ1n) is 12.7. The van der Waals surface area contributed by atoms with Crippen LogP contribution in [0.25, 0.3) is 22.3 Å². The molecule has 1 saturated carbocycles. The number of amides is 2. The van der Waals surface area contributed by atoms with Crippen LogP contribution >= 0.6 is 0 Å². The quantitative estimate of drug-likeness (QED) is 0.516. The Morgan fingerprint density at radius 3 is 2.75 bits per heavy atom. The van der Waals surface area contributed by atoms with Crippen molar-refractivity contribution in [3.8, 4) is 17.0 Å². The predicted molar refractivity (Wildman–Crippen MR) is 135 cm³/mol. The summed E-state index contributed by atoms with van der Waals surface area (Å²) in [4.78, 5) is 39.0. The highest BCUT2D eigenvalue weighted by Crippen LogP contribution is 2.37. The maximum absolute atomic E-state index is 14.9. The lowest BCUT2D eigenvalue weighted by Gasteiger charge is -2.35. The number of alkyl halides is 1. The number of hydrogen-bond donors (Lipinski definition) is 2. The van der Waals surface area contributed by atoms with Gasteiger partial charge in [0.25, 0.3) is 5.91 Å². The van der Waals surface area contributed by atoms with Gasteiger partial charge in [0.2, 0.25) is 5.91 Å². The number of ether oxygens (including phenoxy) is 1. The maximum atomic E-state index is 14.9. The van der Waals surface area contributed by atoms with Crippen LogP contribution in [0.4, 0.5) is 4.39 Å². The molecule has 3 heterocycles. The molecule has 1 aliphatic heterocycles. The van der Waals surface area contributed by atoms with E-state index in [-0.39, 0.29) is 18.4 Å². The molecule has 0 bridgehead atoms. The third-order valence-electron chi connectivity index (χ3n) is 7.07. The summed E-state index contributed by atoms with van der Waals surface area (Å²) >= 11 is 0. The molecule has 0 spiro atoms. The van der Waals surface area contributed by atoms with Crippen LogP contribution in [0.5, 0.6) is 5.75 Å². The van der Waals surface area contributed by atoms with Crippen molar-refractivity contribution in [3.63, 3.8) is 0 Å². The standard InChI is InChI=1S/C27H32FN5O3/c1-4-22(34)33-10-9-20(19(28)12-33)32-27(35)23-16(3)31-26-24(29-14-30-25(23)26)18-11-15(2)5-8-21(18)36-13-17-6-7-17/h5,8,11,14,17,19-20,31H,4,6-7,9-10,12-13H2,1-3H3,(H,32,35)/t19-,20-/m1/s1. The van der Waals surface area contributed by atoms with Gasteiger partial charge in [-0.3, -0.25) is 9.59 Å². The molecule has 2 fully saturated rings. The summed E-state index contributed by atoms with van der Waals surface area (Å²) in [6.07, 6.45) is 3.22. The molecule has 1 aromatic carbocycles. The third kappa shape index (κ3) is 4.79. The molecule has 2 N–H and O–H groups in total. The summed E-state index contributed by atoms with van der Waals surface area (Å²) in [5.41, 5.74) is 4.70. The highest BCUT2D eigenvalue weighted by Gasteiger charge is 2.33. The number of aromatic amines is 1. The van der Waals surface area contributed by atoms with E-state index >= 15 is 0 Å². The number of fused-ring (bicyclic) bond motifs is 1. The predicted octanol–water partition coefficient (Wildman–Crippen LogP) is 4.11. The molecule has 2 aliphatic rings. The number of rotatable bonds is 7. The SMILES string of the molecule is CCC(=O)N1CC[C@@H](NC(=O)c2c(C)[nH]c3c(-c4cc(C)ccc4OCC4CC4)ncnc23)[C@H](F)C1. The van der Waals surface area contributed by atoms with E-state index in [1.54, 1.807) is 13.8 Å². The fourth-order valence-electron chi connectivity index (χ4n) is 4.81. The van der Waals surface area contributed by atoms with Crippen LogP contribution in [0, 0.1) is 19.8 Å². The fourth-order valence-corrected chi connectivity index (χ4v) is 4.81. The van der Waals surface area contributed by atoms with Crippen molar-refractivity contribution in [3.05, 3.63) is 41.3 Å². The molecule has 1 saturated heterocycles. The van der Waals surface area contributed by atoms with Gasteiger partial charge < -0.3 is 19.9 Å². The molecule has 1 aliphatic carbocycles. The average molecular weight is 494 g/mol. The molecule has 3 aromatic rings. The van der Waals surface area contributed by atoms with Gasteiger partial charge in [-0.1, -0.05) is 18.6 Å². The summed E-state index contributed by atoms with van der Waals surface area (Å²) < 4.78 is 21.0. The van der Waals surface area contributed by atoms with Gasteiger partial charge >= 0.3 is 0 Å². The van der Waals surface area contributed by atoms with Crippen molar-refractivity contribution in [2.45, 2.75) is 58.7 Å². The summed E-state index contributed by atoms with van der Waals surface area (Å²) in [7, 11) is 0. The van der Waals surface area contributed by atoms with E-state index in [1.807, 2.05) is 25.1 Å². The van der Waals surface area contributed by atoms with Gasteiger partial charge in [-0.25, -0.2) is 14.4 Å². The van der Waals surface area contributed by atoms with E-state index in [0.29, 0.717) is 59.9 Å². The van der Waals surface area contributed by atoms with Crippen molar-refractivity contribution in [1.82, 2.24) is 25.2 Å². The number of piperidine rings is 1. The Morgan fingerprint density at radius 1 is 1.22 bits per heavy atom. The molecule has 190 valence electrons. The number of nitrogens with one attached hydrogen (secondary N) is 2. The topological polar surface area (TPSA) is 100 Å². The lowest BCUT2D eigenvalue weighted by molar-refractivity contribution is -0.133. The van der Waals surface area contributed by atoms with Gasteiger partial charge in [0.1, 0.15) is 29.5 Å². The van der Waals surface area contributed by atoms with Crippen LogP contribution in [0.1, 0.15) is 54.2 Å². The Labute approximate surface area is 209 Å². The van der Waals surface area contributed by atoms with Crippen molar-refractivity contribution < 1.29 is 18.7 Å². The molecule has 36 heavy (non-hydrogen) atoms. The lowest BCUT2D eigenvalue weighted by atomic mass is 10.0. The number of aryl methyl sites for hydroxylation is 2. The van der Waals surface area contributed by atoms with Crippen LogP contribution < -0.4 is 10.1 Å². The summed E-state index contributed by atoms with van der Waals surface area (Å²) in [5.74, 6) is 0.898. The maximum Gasteiger partial charge on any atom is 0.255 e. The van der Waals surface area contributed by atoms with E-state index in [0.717, 1.165) is 16.9 Å². The minimum Gasteiger partial charge on any atom is -0.493 e. The van der Waals surface area contributed by atoms with Gasteiger partial charge in [0, 0.05) is 24.2 Å². The highest BCUT2D eigenvalue weighted by molar-refractivity contribution is 6.09. The zero-order valence-electron chi connectivity index (χ0n) is 20.9. The first kappa shape index (κ1) is 24.2. The zero-order chi connectivity index (χ0) is 25.4. The van der Waals surface area contributed by atoms with E-state index in [4.69, 9.17) is 4.74 Å². The number of carbonyl (C=O) groups excluding carboxylic acids is 2. The van der Waals surface area contributed by atoms with Crippen molar-refractivity contribution in [2.75, 3.05) is 19.7 Å². The molecule has 0 unspecified atom stereocenters. The first-order valence-corrected chi connectivity index (χ1v) is 12.7. The van der Waals surface area contributed by atoms with Crippen LogP contribution in [0.3, 0.4) is 0 Å². The van der Waals surface area contributed by atoms with E-state index < -0.39 is 12.2 Å². The smallest absolute Gasteiger partial charge is 0.255 e. The van der Waals surface area contributed by atoms with Crippen LogP contribution in [-0.4, -0.2) is 63.6 Å². The third-order valence-corrected chi connectivity index (χ3v) is 7.07. The fraction of sp³-hybridized carbons (Fsp3) is 0.481. The van der Waals surface area contributed by atoms with E-state index in [1.165, 1.54) is 24.1 Å². The van der Waals surface area contributed by atoms with Crippen LogP contribution in [0.2, 0.25) is 0 Å². The molecule has 0 radical (unpaired) electrons. The minimum atomic E-state index is -1.33. The Bertz CT molecular complexity index is 1300. The van der Waals surface area contributed by atoms with Crippen LogP contribution in [0.15, 0.2) is 24.5 Å². The number of likely N-dealkylation sites (tertiary alicyclic amines) is 1. The van der Waals surface area contributed by atoms with Crippen LogP contribution in [-0.2, 0) is 4.79 Å². The molecule has 2 amide bonds. The van der Waals surface area contributed by atoms with Gasteiger partial charge in [0.15, 0.2) is 0 Å². The molecule has 8 nitrogen and oxygen atoms in total. The van der Waals surface area contributed by atoms with Crippen molar-refractivity contribution in [1.29, 1.82) is 0 Å². The summed E-state index contributed by atoms with van der Waals surface area (Å²) in [5, 5.41) is 2.84. The average Bonchev–Trinajstić information content (AvgIpc) is 3.63. The number of benzene rings is 1. The monoisotopic (exact) mass is 493 g/mol. The lowest BCUT2D eigenvalue weighted by Crippen LogP contribution is -2.53. The first-order chi connectivity index (χ1) is 17.4. The zero-order valence-corrected chi connectivity index (χ0v) is 20.9. The van der Waals surface area contributed by atoms with Crippen molar-refractivity contribution in [2.24, 2.45) is 5.92 Å². The summed E-state index contributed by atoms with van der Waals surface area (Å²) in [6, 6.07) is 5.33. The largest absolute Gasteiger partial charge is 0.493 e. The van der Waals surface area contributed by atoms with E-state index in [2.05, 4.69) is 20.3 Å². The van der Waals surface area contributed by atoms with E-state index in [9.17, 15) is 14.0 Å². The van der Waals surface area contributed by atoms with Gasteiger partial charge in [-0.15, -0.1) is 0 Å². The minimum absolute atomic E-state index is 0.00615. The number of nitrogens with zero attached hydrogens (tertiary/aromatic N) is 3. The Kier molecular flexibility index (Phi) is 6.64.